The highest BCUT2D eigenvalue weighted by Gasteiger charge is 2.48. The number of aryl methyl sites for hydroxylation is 1. The minimum absolute atomic E-state index is 0.106. The van der Waals surface area contributed by atoms with E-state index in [-0.39, 0.29) is 23.7 Å². The van der Waals surface area contributed by atoms with Crippen LogP contribution in [0, 0.1) is 17.6 Å². The number of unbranched alkanes of at least 4 members (excludes halogenated alkanes) is 1. The van der Waals surface area contributed by atoms with Crippen LogP contribution in [0.1, 0.15) is 60.9 Å². The van der Waals surface area contributed by atoms with E-state index in [1.807, 2.05) is 24.3 Å². The third kappa shape index (κ3) is 7.01. The Hall–Kier alpha value is -3.25. The van der Waals surface area contributed by atoms with Crippen LogP contribution in [0.3, 0.4) is 0 Å². The number of hydrogen-bond acceptors (Lipinski definition) is 7. The topological polar surface area (TPSA) is 131 Å². The fourth-order valence-corrected chi connectivity index (χ4v) is 6.26. The van der Waals surface area contributed by atoms with E-state index in [0.717, 1.165) is 24.0 Å². The average molecular weight is 612 g/mol. The lowest BCUT2D eigenvalue weighted by molar-refractivity contribution is -0.230. The Labute approximate surface area is 255 Å². The molecule has 0 radical (unpaired) electrons. The van der Waals surface area contributed by atoms with Crippen LogP contribution in [0.15, 0.2) is 72.8 Å². The molecule has 10 heteroatoms. The molecule has 0 bridgehead atoms. The standard InChI is InChI=1S/C34H39F2NO7/c35-23-11-9-21(10-12-23)27(39)18-17-26-30(37(34(26)43)25-15-13-24(36)14-16-25)22-7-5-20(6-8-22)3-1-2-4-28-31(40)33(42)32(41)29(19-38)44-28/h5-16,26-33,38-42H,1-4,17-19H2. The summed E-state index contributed by atoms with van der Waals surface area (Å²) in [6.45, 7) is -0.450. The number of ether oxygens (including phenoxy) is 1. The molecule has 0 saturated carbocycles. The molecule has 8 nitrogen and oxygen atoms in total. The van der Waals surface area contributed by atoms with Crippen LogP contribution in [0.25, 0.3) is 0 Å². The van der Waals surface area contributed by atoms with Gasteiger partial charge in [0.05, 0.1) is 30.8 Å². The van der Waals surface area contributed by atoms with Crippen molar-refractivity contribution >= 4 is 11.6 Å². The molecule has 1 amide bonds. The van der Waals surface area contributed by atoms with Crippen molar-refractivity contribution in [2.45, 2.75) is 81.2 Å². The average Bonchev–Trinajstić information content (AvgIpc) is 3.03. The molecule has 44 heavy (non-hydrogen) atoms. The molecule has 0 aliphatic carbocycles. The molecule has 236 valence electrons. The van der Waals surface area contributed by atoms with E-state index in [4.69, 9.17) is 4.74 Å². The van der Waals surface area contributed by atoms with Crippen molar-refractivity contribution in [2.24, 2.45) is 5.92 Å². The van der Waals surface area contributed by atoms with E-state index in [1.165, 1.54) is 36.4 Å². The van der Waals surface area contributed by atoms with Gasteiger partial charge in [-0.3, -0.25) is 4.79 Å². The number of carbonyl (C=O) groups excluding carboxylic acids is 1. The monoisotopic (exact) mass is 611 g/mol. The smallest absolute Gasteiger partial charge is 0.233 e. The SMILES string of the molecule is O=C1C(CCC(O)c2ccc(F)cc2)C(c2ccc(CCCCC3OC(CO)C(O)C(O)C3O)cc2)N1c1ccc(F)cc1. The van der Waals surface area contributed by atoms with Gasteiger partial charge in [0.2, 0.25) is 5.91 Å². The Morgan fingerprint density at radius 3 is 2.02 bits per heavy atom. The van der Waals surface area contributed by atoms with Crippen molar-refractivity contribution in [3.63, 3.8) is 0 Å². The van der Waals surface area contributed by atoms with Crippen LogP contribution in [-0.4, -0.2) is 68.6 Å². The highest BCUT2D eigenvalue weighted by molar-refractivity contribution is 6.03. The van der Waals surface area contributed by atoms with Gasteiger partial charge in [-0.2, -0.15) is 0 Å². The molecule has 3 aromatic rings. The summed E-state index contributed by atoms with van der Waals surface area (Å²) in [6, 6.07) is 19.1. The fourth-order valence-electron chi connectivity index (χ4n) is 6.26. The summed E-state index contributed by atoms with van der Waals surface area (Å²) in [6.07, 6.45) is -2.98. The van der Waals surface area contributed by atoms with Gasteiger partial charge in [-0.1, -0.05) is 42.8 Å². The maximum Gasteiger partial charge on any atom is 0.233 e. The number of amides is 1. The van der Waals surface area contributed by atoms with Gasteiger partial charge in [0.15, 0.2) is 0 Å². The van der Waals surface area contributed by atoms with Crippen LogP contribution >= 0.6 is 0 Å². The van der Waals surface area contributed by atoms with Crippen molar-refractivity contribution in [3.8, 4) is 0 Å². The molecule has 2 aliphatic rings. The van der Waals surface area contributed by atoms with Gasteiger partial charge in [0, 0.05) is 5.69 Å². The Bertz CT molecular complexity index is 1370. The molecule has 8 atom stereocenters. The highest BCUT2D eigenvalue weighted by Crippen LogP contribution is 2.46. The number of aliphatic hydroxyl groups excluding tert-OH is 5. The second kappa shape index (κ2) is 14.2. The van der Waals surface area contributed by atoms with Crippen LogP contribution in [0.5, 0.6) is 0 Å². The summed E-state index contributed by atoms with van der Waals surface area (Å²) < 4.78 is 32.5. The molecule has 0 spiro atoms. The number of β-lactam (4-membered cyclic amide) rings is 1. The Morgan fingerprint density at radius 1 is 0.773 bits per heavy atom. The summed E-state index contributed by atoms with van der Waals surface area (Å²) >= 11 is 0. The maximum absolute atomic E-state index is 13.6. The van der Waals surface area contributed by atoms with E-state index in [9.17, 15) is 39.1 Å². The number of aliphatic hydroxyl groups is 5. The van der Waals surface area contributed by atoms with Gasteiger partial charge >= 0.3 is 0 Å². The summed E-state index contributed by atoms with van der Waals surface area (Å²) in [4.78, 5) is 15.0. The molecular formula is C34H39F2NO7. The molecule has 8 unspecified atom stereocenters. The summed E-state index contributed by atoms with van der Waals surface area (Å²) in [5.41, 5.74) is 3.17. The second-order valence-electron chi connectivity index (χ2n) is 11.7. The number of halogens is 2. The van der Waals surface area contributed by atoms with Crippen LogP contribution in [0.2, 0.25) is 0 Å². The lowest BCUT2D eigenvalue weighted by Crippen LogP contribution is -2.58. The maximum atomic E-state index is 13.6. The van der Waals surface area contributed by atoms with Crippen molar-refractivity contribution in [1.29, 1.82) is 0 Å². The lowest BCUT2D eigenvalue weighted by atomic mass is 9.78. The van der Waals surface area contributed by atoms with Gasteiger partial charge in [0.25, 0.3) is 0 Å². The molecule has 2 aliphatic heterocycles. The van der Waals surface area contributed by atoms with E-state index >= 15 is 0 Å². The number of anilines is 1. The first-order valence-corrected chi connectivity index (χ1v) is 15.1. The van der Waals surface area contributed by atoms with Gasteiger partial charge in [-0.15, -0.1) is 0 Å². The predicted octanol–water partition coefficient (Wildman–Crippen LogP) is 3.74. The quantitative estimate of drug-likeness (QED) is 0.156. The zero-order chi connectivity index (χ0) is 31.4. The third-order valence-corrected chi connectivity index (χ3v) is 8.84. The molecule has 3 aromatic carbocycles. The summed E-state index contributed by atoms with van der Waals surface area (Å²) in [5, 5.41) is 50.3. The number of hydrogen-bond donors (Lipinski definition) is 5. The summed E-state index contributed by atoms with van der Waals surface area (Å²) in [5.74, 6) is -1.28. The molecule has 2 heterocycles. The fraction of sp³-hybridized carbons (Fsp3) is 0.441. The molecule has 2 saturated heterocycles. The minimum atomic E-state index is -1.37. The van der Waals surface area contributed by atoms with Gasteiger partial charge in [-0.05, 0) is 85.2 Å². The Kier molecular flexibility index (Phi) is 10.4. The number of nitrogens with zero attached hydrogens (tertiary/aromatic N) is 1. The van der Waals surface area contributed by atoms with Crippen LogP contribution in [-0.2, 0) is 16.0 Å². The van der Waals surface area contributed by atoms with Crippen molar-refractivity contribution in [3.05, 3.63) is 101 Å². The molecule has 5 rings (SSSR count). The van der Waals surface area contributed by atoms with Crippen molar-refractivity contribution in [2.75, 3.05) is 11.5 Å². The lowest BCUT2D eigenvalue weighted by Gasteiger charge is -2.48. The minimum Gasteiger partial charge on any atom is -0.394 e. The Morgan fingerprint density at radius 2 is 1.39 bits per heavy atom. The van der Waals surface area contributed by atoms with Crippen molar-refractivity contribution in [1.82, 2.24) is 0 Å². The number of benzene rings is 3. The van der Waals surface area contributed by atoms with Gasteiger partial charge in [0.1, 0.15) is 36.1 Å². The first-order chi connectivity index (χ1) is 21.2. The number of rotatable bonds is 12. The molecule has 0 aromatic heterocycles. The largest absolute Gasteiger partial charge is 0.394 e. The van der Waals surface area contributed by atoms with E-state index in [0.29, 0.717) is 36.9 Å². The zero-order valence-corrected chi connectivity index (χ0v) is 24.3. The second-order valence-corrected chi connectivity index (χ2v) is 11.7. The predicted molar refractivity (Wildman–Crippen MR) is 158 cm³/mol. The first kappa shape index (κ1) is 32.2. The molecule has 2 fully saturated rings. The van der Waals surface area contributed by atoms with Gasteiger partial charge in [-0.25, -0.2) is 8.78 Å². The Balaban J connectivity index is 1.21. The van der Waals surface area contributed by atoms with Crippen molar-refractivity contribution < 1.29 is 43.8 Å². The first-order valence-electron chi connectivity index (χ1n) is 15.1. The zero-order valence-electron chi connectivity index (χ0n) is 24.3. The van der Waals surface area contributed by atoms with E-state index in [2.05, 4.69) is 0 Å². The highest BCUT2D eigenvalue weighted by atomic mass is 19.1. The van der Waals surface area contributed by atoms with Gasteiger partial charge < -0.3 is 35.2 Å². The van der Waals surface area contributed by atoms with E-state index in [1.54, 1.807) is 17.0 Å². The number of carbonyl (C=O) groups is 1. The third-order valence-electron chi connectivity index (χ3n) is 8.84. The normalized spacial score (nSPS) is 27.7. The van der Waals surface area contributed by atoms with Crippen LogP contribution < -0.4 is 4.90 Å². The molecule has 5 N–H and O–H groups in total. The van der Waals surface area contributed by atoms with Crippen LogP contribution in [0.4, 0.5) is 14.5 Å². The van der Waals surface area contributed by atoms with E-state index < -0.39 is 49.0 Å². The summed E-state index contributed by atoms with van der Waals surface area (Å²) in [7, 11) is 0. The molecular weight excluding hydrogens is 572 g/mol.